The molecule has 0 saturated carbocycles. The Morgan fingerprint density at radius 2 is 1.50 bits per heavy atom. The van der Waals surface area contributed by atoms with Crippen LogP contribution in [0, 0.1) is 10.8 Å². The summed E-state index contributed by atoms with van der Waals surface area (Å²) in [6.07, 6.45) is 1.72. The number of hydrogen-bond acceptors (Lipinski definition) is 6. The van der Waals surface area contributed by atoms with Crippen molar-refractivity contribution in [3.63, 3.8) is 0 Å². The molecule has 1 aliphatic heterocycles. The molecule has 4 rings (SSSR count). The van der Waals surface area contributed by atoms with Gasteiger partial charge in [-0.2, -0.15) is 0 Å². The zero-order chi connectivity index (χ0) is 24.3. The van der Waals surface area contributed by atoms with Crippen LogP contribution in [-0.2, 0) is 14.4 Å². The number of aromatic hydroxyl groups is 1. The average Bonchev–Trinajstić information content (AvgIpc) is 2.67. The predicted molar refractivity (Wildman–Crippen MR) is 122 cm³/mol. The van der Waals surface area contributed by atoms with Gasteiger partial charge in [0.2, 0.25) is 0 Å². The molecule has 176 valence electrons. The topological polar surface area (TPSA) is 104 Å². The maximum atomic E-state index is 13.5. The monoisotopic (exact) mass is 476 g/mol. The Labute approximate surface area is 222 Å². The number of aliphatic carboxylic acids is 1. The number of ketones is 2. The number of carbonyl (C=O) groups is 3. The van der Waals surface area contributed by atoms with Crippen LogP contribution in [0.15, 0.2) is 40.7 Å². The second-order valence-electron chi connectivity index (χ2n) is 10.9. The molecular formula is C26H31NNaO6+. The molecule has 1 heterocycles. The third-order valence-electron chi connectivity index (χ3n) is 6.85. The molecule has 2 N–H and O–H groups in total. The van der Waals surface area contributed by atoms with Crippen molar-refractivity contribution < 1.29 is 58.9 Å². The Balaban J connectivity index is 0.00000324. The minimum atomic E-state index is -1.01. The molecule has 8 heteroatoms. The van der Waals surface area contributed by atoms with Gasteiger partial charge in [0.25, 0.3) is 0 Å². The van der Waals surface area contributed by atoms with Gasteiger partial charge in [0.1, 0.15) is 6.54 Å². The maximum Gasteiger partial charge on any atom is 1.00 e. The Morgan fingerprint density at radius 1 is 1.00 bits per heavy atom. The van der Waals surface area contributed by atoms with Crippen LogP contribution in [-0.4, -0.2) is 46.3 Å². The summed E-state index contributed by atoms with van der Waals surface area (Å²) in [5.41, 5.74) is 2.41. The van der Waals surface area contributed by atoms with Crippen LogP contribution >= 0.6 is 0 Å². The van der Waals surface area contributed by atoms with Gasteiger partial charge in [-0.1, -0.05) is 33.8 Å². The van der Waals surface area contributed by atoms with Crippen molar-refractivity contribution in [3.05, 3.63) is 46.3 Å². The molecule has 1 aromatic rings. The number of phenols is 1. The minimum Gasteiger partial charge on any atom is -0.504 e. The van der Waals surface area contributed by atoms with Crippen molar-refractivity contribution in [2.75, 3.05) is 13.7 Å². The number of carboxylic acids is 1. The molecule has 2 aliphatic carbocycles. The van der Waals surface area contributed by atoms with Crippen LogP contribution in [0.4, 0.5) is 0 Å². The number of carbonyl (C=O) groups excluding carboxylic acids is 2. The van der Waals surface area contributed by atoms with Crippen molar-refractivity contribution in [2.45, 2.75) is 59.3 Å². The number of phenolic OH excluding ortho intramolecular Hbond substituents is 1. The fourth-order valence-corrected chi connectivity index (χ4v) is 5.58. The fraction of sp³-hybridized carbons (Fsp3) is 0.500. The van der Waals surface area contributed by atoms with Crippen LogP contribution in [0.2, 0.25) is 0 Å². The van der Waals surface area contributed by atoms with Crippen molar-refractivity contribution in [1.82, 2.24) is 4.90 Å². The zero-order valence-electron chi connectivity index (χ0n) is 20.8. The molecule has 0 spiro atoms. The van der Waals surface area contributed by atoms with Crippen LogP contribution in [0.25, 0.3) is 0 Å². The van der Waals surface area contributed by atoms with E-state index in [4.69, 9.17) is 4.74 Å². The third kappa shape index (κ3) is 4.70. The quantitative estimate of drug-likeness (QED) is 0.629. The number of allylic oxidation sites excluding steroid dienone is 4. The van der Waals surface area contributed by atoms with Crippen LogP contribution in [0.3, 0.4) is 0 Å². The van der Waals surface area contributed by atoms with E-state index >= 15 is 0 Å². The second-order valence-corrected chi connectivity index (χ2v) is 10.9. The van der Waals surface area contributed by atoms with Gasteiger partial charge < -0.3 is 19.8 Å². The number of ether oxygens (including phenoxy) is 1. The first-order valence-electron chi connectivity index (χ1n) is 11.2. The van der Waals surface area contributed by atoms with Crippen LogP contribution in [0.5, 0.6) is 11.5 Å². The third-order valence-corrected chi connectivity index (χ3v) is 6.85. The number of Topliss-reactive ketones (excluding diaryl/α,β-unsaturated/α-hetero) is 2. The predicted octanol–water partition coefficient (Wildman–Crippen LogP) is 1.17. The molecule has 3 aliphatic rings. The minimum absolute atomic E-state index is 0. The Morgan fingerprint density at radius 3 is 1.94 bits per heavy atom. The van der Waals surface area contributed by atoms with Gasteiger partial charge >= 0.3 is 35.5 Å². The first-order valence-corrected chi connectivity index (χ1v) is 11.2. The smallest absolute Gasteiger partial charge is 0.504 e. The van der Waals surface area contributed by atoms with Gasteiger partial charge in [-0.05, 0) is 41.4 Å². The number of nitrogens with zero attached hydrogens (tertiary/aromatic N) is 1. The van der Waals surface area contributed by atoms with Crippen LogP contribution < -0.4 is 34.3 Å². The van der Waals surface area contributed by atoms with E-state index in [1.807, 2.05) is 27.7 Å². The van der Waals surface area contributed by atoms with E-state index < -0.39 is 11.9 Å². The number of carboxylic acid groups (broad SMARTS) is 1. The molecule has 1 aromatic carbocycles. The number of hydrogen-bond donors (Lipinski definition) is 2. The molecule has 34 heavy (non-hydrogen) atoms. The van der Waals surface area contributed by atoms with E-state index in [1.54, 1.807) is 17.0 Å². The molecule has 0 unspecified atom stereocenters. The SMILES string of the molecule is COc1cc(C2C3=C(CC(C)(C)CC3=O)N(CC(=O)O)C3=C2C(=O)CC(C)(C)C3)ccc1O.[Na+]. The summed E-state index contributed by atoms with van der Waals surface area (Å²) in [5.74, 6) is -1.53. The Kier molecular flexibility index (Phi) is 7.15. The number of rotatable bonds is 4. The van der Waals surface area contributed by atoms with E-state index in [0.29, 0.717) is 53.8 Å². The van der Waals surface area contributed by atoms with E-state index in [-0.39, 0.29) is 70.0 Å². The van der Waals surface area contributed by atoms with Crippen molar-refractivity contribution in [3.8, 4) is 11.5 Å². The normalized spacial score (nSPS) is 21.6. The van der Waals surface area contributed by atoms with E-state index in [0.717, 1.165) is 0 Å². The summed E-state index contributed by atoms with van der Waals surface area (Å²) >= 11 is 0. The molecule has 0 amide bonds. The molecule has 0 bridgehead atoms. The molecule has 7 nitrogen and oxygen atoms in total. The molecule has 0 fully saturated rings. The fourth-order valence-electron chi connectivity index (χ4n) is 5.58. The van der Waals surface area contributed by atoms with E-state index in [2.05, 4.69) is 0 Å². The van der Waals surface area contributed by atoms with E-state index in [1.165, 1.54) is 13.2 Å². The van der Waals surface area contributed by atoms with Crippen molar-refractivity contribution in [2.24, 2.45) is 10.8 Å². The Bertz CT molecular complexity index is 1080. The number of benzene rings is 1. The van der Waals surface area contributed by atoms with Gasteiger partial charge in [0.05, 0.1) is 7.11 Å². The van der Waals surface area contributed by atoms with Crippen molar-refractivity contribution >= 4 is 17.5 Å². The second kappa shape index (κ2) is 9.17. The standard InChI is InChI=1S/C26H31NO6.Na/c1-25(2)9-15-23(18(29)11-25)22(14-6-7-17(28)20(8-14)33-5)24-16(27(15)13-21(31)32)10-26(3,4)12-19(24)30;/h6-8,22,28H,9-13H2,1-5H3,(H,31,32);/q;+1. The van der Waals surface area contributed by atoms with Gasteiger partial charge in [-0.3, -0.25) is 14.4 Å². The first-order chi connectivity index (χ1) is 15.3. The van der Waals surface area contributed by atoms with Crippen LogP contribution in [0.1, 0.15) is 64.9 Å². The summed E-state index contributed by atoms with van der Waals surface area (Å²) < 4.78 is 5.30. The summed E-state index contributed by atoms with van der Waals surface area (Å²) in [6, 6.07) is 4.89. The first kappa shape index (κ1) is 26.5. The Hall–Kier alpha value is -2.09. The number of methoxy groups -OCH3 is 1. The van der Waals surface area contributed by atoms with Gasteiger partial charge in [-0.15, -0.1) is 0 Å². The van der Waals surface area contributed by atoms with Crippen molar-refractivity contribution in [1.29, 1.82) is 0 Å². The molecule has 0 aromatic heterocycles. The summed E-state index contributed by atoms with van der Waals surface area (Å²) in [6.45, 7) is 7.73. The molecule has 0 saturated heterocycles. The van der Waals surface area contributed by atoms with E-state index in [9.17, 15) is 24.6 Å². The summed E-state index contributed by atoms with van der Waals surface area (Å²) in [5, 5.41) is 19.8. The zero-order valence-corrected chi connectivity index (χ0v) is 22.8. The largest absolute Gasteiger partial charge is 1.00 e. The molecule has 0 atom stereocenters. The summed E-state index contributed by atoms with van der Waals surface area (Å²) in [4.78, 5) is 40.7. The van der Waals surface area contributed by atoms with Gasteiger partial charge in [0, 0.05) is 41.3 Å². The summed E-state index contributed by atoms with van der Waals surface area (Å²) in [7, 11) is 1.45. The molecular weight excluding hydrogens is 445 g/mol. The molecule has 0 radical (unpaired) electrons. The van der Waals surface area contributed by atoms with Gasteiger partial charge in [-0.25, -0.2) is 0 Å². The maximum absolute atomic E-state index is 13.5. The average molecular weight is 477 g/mol. The van der Waals surface area contributed by atoms with Gasteiger partial charge in [0.15, 0.2) is 23.1 Å².